The molecule has 0 aromatic heterocycles. The minimum atomic E-state index is -1.19. The van der Waals surface area contributed by atoms with Gasteiger partial charge in [0.1, 0.15) is 13.2 Å². The minimum Gasteiger partial charge on any atom is -0.481 e. The predicted octanol–water partition coefficient (Wildman–Crippen LogP) is 1.77. The summed E-state index contributed by atoms with van der Waals surface area (Å²) in [5.41, 5.74) is -3.25. The van der Waals surface area contributed by atoms with Gasteiger partial charge in [-0.3, -0.25) is 14.4 Å². The molecule has 4 fully saturated rings. The van der Waals surface area contributed by atoms with Crippen molar-refractivity contribution in [3.63, 3.8) is 0 Å². The van der Waals surface area contributed by atoms with E-state index >= 15 is 0 Å². The number of carboxylic acid groups (broad SMARTS) is 2. The van der Waals surface area contributed by atoms with Crippen molar-refractivity contribution in [1.29, 1.82) is 0 Å². The molecule has 0 heterocycles. The Morgan fingerprint density at radius 1 is 0.889 bits per heavy atom. The lowest BCUT2D eigenvalue weighted by Gasteiger charge is -2.62. The number of carboxylic acids is 2. The zero-order valence-corrected chi connectivity index (χ0v) is 15.3. The second-order valence-electron chi connectivity index (χ2n) is 8.51. The van der Waals surface area contributed by atoms with Crippen LogP contribution in [0.25, 0.3) is 0 Å². The van der Waals surface area contributed by atoms with E-state index in [4.69, 9.17) is 9.47 Å². The lowest BCUT2D eigenvalue weighted by atomic mass is 9.39. The van der Waals surface area contributed by atoms with Crippen LogP contribution in [0.15, 0.2) is 12.2 Å². The van der Waals surface area contributed by atoms with E-state index in [-0.39, 0.29) is 44.0 Å². The number of ether oxygens (including phenoxy) is 2. The van der Waals surface area contributed by atoms with E-state index in [0.29, 0.717) is 19.3 Å². The summed E-state index contributed by atoms with van der Waals surface area (Å²) in [4.78, 5) is 48.1. The smallest absolute Gasteiger partial charge is 0.333 e. The van der Waals surface area contributed by atoms with E-state index < -0.39 is 40.1 Å². The van der Waals surface area contributed by atoms with Crippen LogP contribution in [-0.4, -0.2) is 47.3 Å². The molecule has 2 N–H and O–H groups in total. The van der Waals surface area contributed by atoms with Crippen LogP contribution in [0.3, 0.4) is 0 Å². The lowest BCUT2D eigenvalue weighted by Crippen LogP contribution is -2.63. The summed E-state index contributed by atoms with van der Waals surface area (Å²) in [6, 6.07) is 0. The molecular formula is C19H24O8. The van der Waals surface area contributed by atoms with Crippen molar-refractivity contribution in [2.24, 2.45) is 22.2 Å². The fourth-order valence-corrected chi connectivity index (χ4v) is 5.69. The Morgan fingerprint density at radius 2 is 1.33 bits per heavy atom. The number of hydrogen-bond donors (Lipinski definition) is 2. The molecule has 2 atom stereocenters. The van der Waals surface area contributed by atoms with Gasteiger partial charge in [-0.25, -0.2) is 4.79 Å². The Morgan fingerprint density at radius 3 is 1.81 bits per heavy atom. The molecule has 0 radical (unpaired) electrons. The van der Waals surface area contributed by atoms with Crippen molar-refractivity contribution in [3.05, 3.63) is 12.2 Å². The lowest BCUT2D eigenvalue weighted by molar-refractivity contribution is -0.211. The molecule has 27 heavy (non-hydrogen) atoms. The monoisotopic (exact) mass is 380 g/mol. The van der Waals surface area contributed by atoms with E-state index in [0.717, 1.165) is 0 Å². The predicted molar refractivity (Wildman–Crippen MR) is 90.5 cm³/mol. The largest absolute Gasteiger partial charge is 0.481 e. The van der Waals surface area contributed by atoms with Gasteiger partial charge in [0.25, 0.3) is 0 Å². The first-order valence-electron chi connectivity index (χ1n) is 9.01. The van der Waals surface area contributed by atoms with Crippen LogP contribution in [0.1, 0.15) is 45.4 Å². The summed E-state index contributed by atoms with van der Waals surface area (Å²) < 4.78 is 10.2. The molecule has 148 valence electrons. The molecule has 4 aliphatic carbocycles. The average Bonchev–Trinajstić information content (AvgIpc) is 2.56. The average molecular weight is 380 g/mol. The second-order valence-corrected chi connectivity index (χ2v) is 8.51. The van der Waals surface area contributed by atoms with Gasteiger partial charge in [-0.05, 0) is 51.4 Å². The van der Waals surface area contributed by atoms with Crippen LogP contribution in [0, 0.1) is 22.2 Å². The normalized spacial score (nSPS) is 36.1. The number of carbonyl (C=O) groups excluding carboxylic acids is 2. The first-order chi connectivity index (χ1) is 12.5. The second kappa shape index (κ2) is 6.35. The molecule has 0 amide bonds. The molecule has 2 unspecified atom stereocenters. The van der Waals surface area contributed by atoms with Crippen molar-refractivity contribution >= 4 is 23.9 Å². The van der Waals surface area contributed by atoms with E-state index in [1.54, 1.807) is 0 Å². The summed E-state index contributed by atoms with van der Waals surface area (Å²) in [7, 11) is 0. The zero-order chi connectivity index (χ0) is 20.0. The fourth-order valence-electron chi connectivity index (χ4n) is 5.69. The third kappa shape index (κ3) is 3.11. The number of aliphatic carboxylic acids is 2. The summed E-state index contributed by atoms with van der Waals surface area (Å²) in [6.07, 6.45) is 1.52. The highest BCUT2D eigenvalue weighted by atomic mass is 16.6. The zero-order valence-electron chi connectivity index (χ0n) is 15.3. The van der Waals surface area contributed by atoms with Crippen LogP contribution in [-0.2, 0) is 28.7 Å². The molecule has 8 nitrogen and oxygen atoms in total. The molecule has 0 aliphatic heterocycles. The van der Waals surface area contributed by atoms with E-state index in [1.807, 2.05) is 0 Å². The van der Waals surface area contributed by atoms with E-state index in [9.17, 15) is 29.4 Å². The van der Waals surface area contributed by atoms with E-state index in [2.05, 4.69) is 6.58 Å². The summed E-state index contributed by atoms with van der Waals surface area (Å²) in [5, 5.41) is 19.6. The number of hydrogen-bond acceptors (Lipinski definition) is 6. The van der Waals surface area contributed by atoms with Gasteiger partial charge in [0, 0.05) is 5.57 Å². The van der Waals surface area contributed by atoms with Gasteiger partial charge in [-0.1, -0.05) is 6.58 Å². The quantitative estimate of drug-likeness (QED) is 0.389. The topological polar surface area (TPSA) is 127 Å². The van der Waals surface area contributed by atoms with Gasteiger partial charge in [0.05, 0.1) is 16.2 Å². The maximum atomic E-state index is 12.8. The van der Waals surface area contributed by atoms with Crippen molar-refractivity contribution < 1.29 is 38.9 Å². The molecule has 0 spiro atoms. The van der Waals surface area contributed by atoms with Crippen molar-refractivity contribution in [2.75, 3.05) is 13.2 Å². The number of rotatable bonds is 7. The van der Waals surface area contributed by atoms with Crippen molar-refractivity contribution in [2.45, 2.75) is 45.4 Å². The van der Waals surface area contributed by atoms with Gasteiger partial charge in [-0.15, -0.1) is 0 Å². The van der Waals surface area contributed by atoms with E-state index in [1.165, 1.54) is 6.92 Å². The molecular weight excluding hydrogens is 356 g/mol. The fraction of sp³-hybridized carbons (Fsp3) is 0.684. The highest BCUT2D eigenvalue weighted by Gasteiger charge is 2.70. The van der Waals surface area contributed by atoms with Gasteiger partial charge in [-0.2, -0.15) is 0 Å². The van der Waals surface area contributed by atoms with Crippen molar-refractivity contribution in [1.82, 2.24) is 0 Å². The standard InChI is InChI=1S/C19H24O8/c1-11(2)13(20)26-3-4-27-16(25)19-7-12-5-17(9-19,14(21)22)8-18(6-12,10-19)15(23)24/h12H,1,3-10H2,2H3,(H,21,22)(H,23,24). The highest BCUT2D eigenvalue weighted by Crippen LogP contribution is 2.70. The van der Waals surface area contributed by atoms with Crippen LogP contribution in [0.4, 0.5) is 0 Å². The third-order valence-corrected chi connectivity index (χ3v) is 6.31. The Kier molecular flexibility index (Phi) is 4.56. The first-order valence-corrected chi connectivity index (χ1v) is 9.01. The van der Waals surface area contributed by atoms with Gasteiger partial charge >= 0.3 is 23.9 Å². The molecule has 4 rings (SSSR count). The molecule has 0 saturated heterocycles. The van der Waals surface area contributed by atoms with Gasteiger partial charge in [0.15, 0.2) is 0 Å². The molecule has 0 aromatic carbocycles. The van der Waals surface area contributed by atoms with Crippen molar-refractivity contribution in [3.8, 4) is 0 Å². The molecule has 0 aromatic rings. The van der Waals surface area contributed by atoms with Crippen LogP contribution in [0.2, 0.25) is 0 Å². The summed E-state index contributed by atoms with van der Waals surface area (Å²) in [6.45, 7) is 4.65. The Hall–Kier alpha value is -2.38. The molecule has 4 saturated carbocycles. The first kappa shape index (κ1) is 19.4. The number of carbonyl (C=O) groups is 4. The third-order valence-electron chi connectivity index (χ3n) is 6.31. The van der Waals surface area contributed by atoms with Crippen LogP contribution < -0.4 is 0 Å². The maximum Gasteiger partial charge on any atom is 0.333 e. The highest BCUT2D eigenvalue weighted by molar-refractivity contribution is 5.87. The van der Waals surface area contributed by atoms with Gasteiger partial charge < -0.3 is 19.7 Å². The summed E-state index contributed by atoms with van der Waals surface area (Å²) in [5.74, 6) is -3.37. The molecule has 4 bridgehead atoms. The Bertz CT molecular complexity index is 693. The van der Waals surface area contributed by atoms with Gasteiger partial charge in [0.2, 0.25) is 0 Å². The Balaban J connectivity index is 1.75. The minimum absolute atomic E-state index is 0.0619. The SMILES string of the molecule is C=C(C)C(=O)OCCOC(=O)C12CC3CC(C(=O)O)(CC(C(=O)O)(C3)C1)C2. The summed E-state index contributed by atoms with van der Waals surface area (Å²) >= 11 is 0. The van der Waals surface area contributed by atoms with Crippen LogP contribution >= 0.6 is 0 Å². The number of esters is 2. The molecule has 8 heteroatoms. The van der Waals surface area contributed by atoms with Crippen LogP contribution in [0.5, 0.6) is 0 Å². The maximum absolute atomic E-state index is 12.8. The molecule has 4 aliphatic rings. The Labute approximate surface area is 156 Å².